The van der Waals surface area contributed by atoms with Crippen LogP contribution in [0.15, 0.2) is 36.4 Å². The van der Waals surface area contributed by atoms with Crippen LogP contribution in [-0.2, 0) is 11.3 Å². The molecule has 0 aliphatic rings. The van der Waals surface area contributed by atoms with Crippen LogP contribution in [0, 0.1) is 25.2 Å². The van der Waals surface area contributed by atoms with Crippen molar-refractivity contribution in [2.24, 2.45) is 0 Å². The Labute approximate surface area is 118 Å². The van der Waals surface area contributed by atoms with Crippen molar-refractivity contribution in [2.75, 3.05) is 5.32 Å². The SMILES string of the molecule is Cc1ccc(C)n1CCC(=O)Nc1cccc(C#N)c1. The first kappa shape index (κ1) is 13.9. The minimum Gasteiger partial charge on any atom is -0.349 e. The number of aryl methyl sites for hydroxylation is 2. The van der Waals surface area contributed by atoms with Gasteiger partial charge in [-0.3, -0.25) is 4.79 Å². The van der Waals surface area contributed by atoms with E-state index in [0.717, 1.165) is 11.4 Å². The molecule has 0 unspecified atom stereocenters. The lowest BCUT2D eigenvalue weighted by Crippen LogP contribution is -2.15. The average molecular weight is 267 g/mol. The van der Waals surface area contributed by atoms with Gasteiger partial charge >= 0.3 is 0 Å². The summed E-state index contributed by atoms with van der Waals surface area (Å²) in [6.07, 6.45) is 0.410. The number of hydrogen-bond donors (Lipinski definition) is 1. The molecule has 0 aliphatic carbocycles. The van der Waals surface area contributed by atoms with Gasteiger partial charge in [-0.2, -0.15) is 5.26 Å². The Morgan fingerprint density at radius 1 is 1.25 bits per heavy atom. The molecule has 1 aromatic carbocycles. The molecule has 0 fully saturated rings. The highest BCUT2D eigenvalue weighted by atomic mass is 16.1. The highest BCUT2D eigenvalue weighted by Crippen LogP contribution is 2.11. The van der Waals surface area contributed by atoms with E-state index in [-0.39, 0.29) is 5.91 Å². The normalized spacial score (nSPS) is 10.1. The summed E-state index contributed by atoms with van der Waals surface area (Å²) in [5, 5.41) is 11.6. The van der Waals surface area contributed by atoms with Crippen LogP contribution in [0.25, 0.3) is 0 Å². The summed E-state index contributed by atoms with van der Waals surface area (Å²) < 4.78 is 2.12. The van der Waals surface area contributed by atoms with E-state index in [1.54, 1.807) is 24.3 Å². The van der Waals surface area contributed by atoms with E-state index in [4.69, 9.17) is 5.26 Å². The number of amides is 1. The fraction of sp³-hybridized carbons (Fsp3) is 0.250. The molecule has 0 atom stereocenters. The number of nitrogens with one attached hydrogen (secondary N) is 1. The first-order chi connectivity index (χ1) is 9.60. The van der Waals surface area contributed by atoms with Crippen LogP contribution >= 0.6 is 0 Å². The molecule has 4 nitrogen and oxygen atoms in total. The molecule has 2 aromatic rings. The number of anilines is 1. The summed E-state index contributed by atoms with van der Waals surface area (Å²) in [5.74, 6) is -0.0485. The minimum absolute atomic E-state index is 0.0485. The minimum atomic E-state index is -0.0485. The molecular weight excluding hydrogens is 250 g/mol. The number of carbonyl (C=O) groups excluding carboxylic acids is 1. The van der Waals surface area contributed by atoms with Gasteiger partial charge in [-0.05, 0) is 44.2 Å². The van der Waals surface area contributed by atoms with Crippen LogP contribution in [0.4, 0.5) is 5.69 Å². The maximum absolute atomic E-state index is 11.9. The largest absolute Gasteiger partial charge is 0.349 e. The molecule has 102 valence electrons. The number of rotatable bonds is 4. The van der Waals surface area contributed by atoms with Gasteiger partial charge in [0.1, 0.15) is 0 Å². The molecule has 0 saturated carbocycles. The van der Waals surface area contributed by atoms with Gasteiger partial charge in [0, 0.05) is 30.0 Å². The van der Waals surface area contributed by atoms with Crippen LogP contribution in [-0.4, -0.2) is 10.5 Å². The van der Waals surface area contributed by atoms with Crippen LogP contribution < -0.4 is 5.32 Å². The zero-order chi connectivity index (χ0) is 14.5. The second kappa shape index (κ2) is 6.07. The predicted octanol–water partition coefficient (Wildman–Crippen LogP) is 3.01. The molecule has 0 saturated heterocycles. The number of nitrogens with zero attached hydrogens (tertiary/aromatic N) is 2. The van der Waals surface area contributed by atoms with Gasteiger partial charge in [0.15, 0.2) is 0 Å². The summed E-state index contributed by atoms with van der Waals surface area (Å²) in [4.78, 5) is 11.9. The van der Waals surface area contributed by atoms with Gasteiger partial charge in [0.05, 0.1) is 11.6 Å². The van der Waals surface area contributed by atoms with E-state index in [1.807, 2.05) is 26.0 Å². The zero-order valence-electron chi connectivity index (χ0n) is 11.7. The molecule has 1 amide bonds. The Morgan fingerprint density at radius 2 is 1.95 bits per heavy atom. The van der Waals surface area contributed by atoms with Crippen molar-refractivity contribution in [3.05, 3.63) is 53.3 Å². The van der Waals surface area contributed by atoms with Crippen molar-refractivity contribution < 1.29 is 4.79 Å². The van der Waals surface area contributed by atoms with Crippen molar-refractivity contribution in [3.63, 3.8) is 0 Å². The number of carbonyl (C=O) groups is 1. The first-order valence-corrected chi connectivity index (χ1v) is 6.53. The molecule has 0 spiro atoms. The summed E-state index contributed by atoms with van der Waals surface area (Å²) >= 11 is 0. The molecule has 1 N–H and O–H groups in total. The summed E-state index contributed by atoms with van der Waals surface area (Å²) in [7, 11) is 0. The van der Waals surface area contributed by atoms with Gasteiger partial charge in [0.25, 0.3) is 0 Å². The molecule has 20 heavy (non-hydrogen) atoms. The molecular formula is C16H17N3O. The van der Waals surface area contributed by atoms with E-state index in [0.29, 0.717) is 24.2 Å². The molecule has 4 heteroatoms. The summed E-state index contributed by atoms with van der Waals surface area (Å²) in [6.45, 7) is 4.72. The maximum atomic E-state index is 11.9. The van der Waals surface area contributed by atoms with Gasteiger partial charge < -0.3 is 9.88 Å². The fourth-order valence-corrected chi connectivity index (χ4v) is 2.16. The highest BCUT2D eigenvalue weighted by Gasteiger charge is 2.06. The second-order valence-electron chi connectivity index (χ2n) is 4.76. The van der Waals surface area contributed by atoms with E-state index < -0.39 is 0 Å². The van der Waals surface area contributed by atoms with Gasteiger partial charge in [-0.15, -0.1) is 0 Å². The Hall–Kier alpha value is -2.54. The van der Waals surface area contributed by atoms with Crippen LogP contribution in [0.3, 0.4) is 0 Å². The van der Waals surface area contributed by atoms with Gasteiger partial charge in [0.2, 0.25) is 5.91 Å². The topological polar surface area (TPSA) is 57.8 Å². The van der Waals surface area contributed by atoms with E-state index in [1.165, 1.54) is 0 Å². The maximum Gasteiger partial charge on any atom is 0.226 e. The number of aromatic nitrogens is 1. The summed E-state index contributed by atoms with van der Waals surface area (Å²) in [5.41, 5.74) is 3.51. The number of hydrogen-bond acceptors (Lipinski definition) is 2. The Bertz CT molecular complexity index is 645. The molecule has 0 aliphatic heterocycles. The molecule has 2 rings (SSSR count). The third-order valence-corrected chi connectivity index (χ3v) is 3.26. The van der Waals surface area contributed by atoms with Crippen molar-refractivity contribution in [1.29, 1.82) is 5.26 Å². The average Bonchev–Trinajstić information content (AvgIpc) is 2.76. The first-order valence-electron chi connectivity index (χ1n) is 6.53. The second-order valence-corrected chi connectivity index (χ2v) is 4.76. The van der Waals surface area contributed by atoms with Gasteiger partial charge in [-0.25, -0.2) is 0 Å². The summed E-state index contributed by atoms with van der Waals surface area (Å²) in [6, 6.07) is 13.1. The Balaban J connectivity index is 1.94. The molecule has 0 radical (unpaired) electrons. The molecule has 1 heterocycles. The van der Waals surface area contributed by atoms with Crippen LogP contribution in [0.5, 0.6) is 0 Å². The lowest BCUT2D eigenvalue weighted by Gasteiger charge is -2.09. The van der Waals surface area contributed by atoms with Crippen molar-refractivity contribution in [3.8, 4) is 6.07 Å². The standard InChI is InChI=1S/C16H17N3O/c1-12-6-7-13(2)19(12)9-8-16(20)18-15-5-3-4-14(10-15)11-17/h3-7,10H,8-9H2,1-2H3,(H,18,20). The third kappa shape index (κ3) is 3.27. The Morgan fingerprint density at radius 3 is 2.60 bits per heavy atom. The number of nitriles is 1. The van der Waals surface area contributed by atoms with Gasteiger partial charge in [-0.1, -0.05) is 6.07 Å². The monoisotopic (exact) mass is 267 g/mol. The van der Waals surface area contributed by atoms with Crippen LogP contribution in [0.1, 0.15) is 23.4 Å². The zero-order valence-corrected chi connectivity index (χ0v) is 11.7. The third-order valence-electron chi connectivity index (χ3n) is 3.26. The quantitative estimate of drug-likeness (QED) is 0.925. The fourth-order valence-electron chi connectivity index (χ4n) is 2.16. The van der Waals surface area contributed by atoms with Crippen molar-refractivity contribution in [1.82, 2.24) is 4.57 Å². The van der Waals surface area contributed by atoms with E-state index in [2.05, 4.69) is 16.0 Å². The number of benzene rings is 1. The van der Waals surface area contributed by atoms with Crippen molar-refractivity contribution >= 4 is 11.6 Å². The van der Waals surface area contributed by atoms with E-state index in [9.17, 15) is 4.79 Å². The van der Waals surface area contributed by atoms with E-state index >= 15 is 0 Å². The lowest BCUT2D eigenvalue weighted by atomic mass is 10.2. The molecule has 0 bridgehead atoms. The highest BCUT2D eigenvalue weighted by molar-refractivity contribution is 5.90. The Kier molecular flexibility index (Phi) is 4.21. The predicted molar refractivity (Wildman–Crippen MR) is 78.3 cm³/mol. The molecule has 1 aromatic heterocycles. The smallest absolute Gasteiger partial charge is 0.226 e. The lowest BCUT2D eigenvalue weighted by molar-refractivity contribution is -0.116. The van der Waals surface area contributed by atoms with Crippen LogP contribution in [0.2, 0.25) is 0 Å². The van der Waals surface area contributed by atoms with Crippen molar-refractivity contribution in [2.45, 2.75) is 26.8 Å².